The van der Waals surface area contributed by atoms with Crippen molar-refractivity contribution in [1.29, 1.82) is 0 Å². The van der Waals surface area contributed by atoms with Crippen molar-refractivity contribution in [1.82, 2.24) is 4.90 Å². The Labute approximate surface area is 157 Å². The minimum absolute atomic E-state index is 0.0176. The molecular formula is C23H31NO2. The quantitative estimate of drug-likeness (QED) is 0.660. The minimum Gasteiger partial charge on any atom is -0.508 e. The first-order valence-electron chi connectivity index (χ1n) is 9.45. The molecule has 0 radical (unpaired) electrons. The second-order valence-corrected chi connectivity index (χ2v) is 7.51. The van der Waals surface area contributed by atoms with E-state index in [2.05, 4.69) is 44.7 Å². The molecule has 140 valence electrons. The number of aromatic hydroxyl groups is 1. The van der Waals surface area contributed by atoms with Crippen molar-refractivity contribution >= 4 is 5.78 Å². The zero-order valence-electron chi connectivity index (χ0n) is 16.6. The molecule has 3 heteroatoms. The topological polar surface area (TPSA) is 40.5 Å². The minimum atomic E-state index is 0.0176. The first-order valence-corrected chi connectivity index (χ1v) is 9.45. The van der Waals surface area contributed by atoms with Crippen LogP contribution in [0.1, 0.15) is 68.4 Å². The number of nitrogens with zero attached hydrogens (tertiary/aromatic N) is 1. The summed E-state index contributed by atoms with van der Waals surface area (Å²) in [6, 6.07) is 16.4. The van der Waals surface area contributed by atoms with Crippen LogP contribution in [0, 0.1) is 0 Å². The van der Waals surface area contributed by atoms with Gasteiger partial charge < -0.3 is 5.11 Å². The molecule has 0 amide bonds. The van der Waals surface area contributed by atoms with Crippen LogP contribution < -0.4 is 0 Å². The zero-order chi connectivity index (χ0) is 19.3. The van der Waals surface area contributed by atoms with Crippen LogP contribution in [-0.4, -0.2) is 34.4 Å². The summed E-state index contributed by atoms with van der Waals surface area (Å²) in [7, 11) is 0. The highest BCUT2D eigenvalue weighted by molar-refractivity contribution is 5.94. The highest BCUT2D eigenvalue weighted by atomic mass is 16.3. The van der Waals surface area contributed by atoms with Gasteiger partial charge in [0, 0.05) is 29.1 Å². The molecule has 0 spiro atoms. The van der Waals surface area contributed by atoms with Gasteiger partial charge in [0.2, 0.25) is 0 Å². The molecule has 2 rings (SSSR count). The molecule has 26 heavy (non-hydrogen) atoms. The van der Waals surface area contributed by atoms with E-state index in [9.17, 15) is 9.90 Å². The van der Waals surface area contributed by atoms with Gasteiger partial charge in [-0.1, -0.05) is 30.3 Å². The number of hydrogen-bond donors (Lipinski definition) is 1. The van der Waals surface area contributed by atoms with Crippen molar-refractivity contribution in [3.8, 4) is 5.75 Å². The Morgan fingerprint density at radius 1 is 1.00 bits per heavy atom. The number of benzene rings is 2. The van der Waals surface area contributed by atoms with Gasteiger partial charge in [0.05, 0.1) is 0 Å². The predicted octanol–water partition coefficient (Wildman–Crippen LogP) is 5.24. The zero-order valence-corrected chi connectivity index (χ0v) is 16.6. The van der Waals surface area contributed by atoms with Gasteiger partial charge in [-0.2, -0.15) is 0 Å². The average Bonchev–Trinajstić information content (AvgIpc) is 2.59. The maximum Gasteiger partial charge on any atom is 0.159 e. The third-order valence-electron chi connectivity index (χ3n) is 5.01. The summed E-state index contributed by atoms with van der Waals surface area (Å²) in [4.78, 5) is 14.3. The molecule has 0 fully saturated rings. The van der Waals surface area contributed by atoms with Crippen LogP contribution in [0.4, 0.5) is 0 Å². The largest absolute Gasteiger partial charge is 0.508 e. The van der Waals surface area contributed by atoms with E-state index in [-0.39, 0.29) is 17.5 Å². The molecule has 1 unspecified atom stereocenters. The Morgan fingerprint density at radius 2 is 1.62 bits per heavy atom. The maximum atomic E-state index is 11.8. The van der Waals surface area contributed by atoms with Gasteiger partial charge >= 0.3 is 0 Å². The Morgan fingerprint density at radius 3 is 2.15 bits per heavy atom. The molecule has 3 nitrogen and oxygen atoms in total. The van der Waals surface area contributed by atoms with E-state index in [1.54, 1.807) is 19.1 Å². The van der Waals surface area contributed by atoms with Crippen LogP contribution >= 0.6 is 0 Å². The Hall–Kier alpha value is -2.13. The van der Waals surface area contributed by atoms with Crippen LogP contribution in [0.15, 0.2) is 48.5 Å². The number of carbonyl (C=O) groups is 1. The summed E-state index contributed by atoms with van der Waals surface area (Å²) in [5.74, 6) is 0.323. The van der Waals surface area contributed by atoms with Gasteiger partial charge in [-0.15, -0.1) is 0 Å². The maximum absolute atomic E-state index is 11.8. The fourth-order valence-electron chi connectivity index (χ4n) is 3.63. The van der Waals surface area contributed by atoms with Gasteiger partial charge in [-0.05, 0) is 71.3 Å². The van der Waals surface area contributed by atoms with E-state index < -0.39 is 0 Å². The number of phenols is 1. The van der Waals surface area contributed by atoms with Crippen LogP contribution in [-0.2, 0) is 0 Å². The van der Waals surface area contributed by atoms with E-state index in [1.165, 1.54) is 0 Å². The van der Waals surface area contributed by atoms with Crippen molar-refractivity contribution < 1.29 is 9.90 Å². The standard InChI is InChI=1S/C23H31NO2/c1-16(2)24(17(3)4)14-13-21(19-9-7-6-8-10-19)22-15-20(18(5)25)11-12-23(22)26/h6-12,15-17,21,26H,13-14H2,1-5H3. The van der Waals surface area contributed by atoms with Crippen molar-refractivity contribution in [3.63, 3.8) is 0 Å². The lowest BCUT2D eigenvalue weighted by molar-refractivity contribution is 0.101. The van der Waals surface area contributed by atoms with Gasteiger partial charge in [-0.25, -0.2) is 0 Å². The molecule has 0 aliphatic carbocycles. The van der Waals surface area contributed by atoms with Gasteiger partial charge in [0.25, 0.3) is 0 Å². The normalized spacial score (nSPS) is 12.8. The number of rotatable bonds is 8. The highest BCUT2D eigenvalue weighted by Gasteiger charge is 2.22. The summed E-state index contributed by atoms with van der Waals surface area (Å²) in [5.41, 5.74) is 2.63. The fraction of sp³-hybridized carbons (Fsp3) is 0.435. The highest BCUT2D eigenvalue weighted by Crippen LogP contribution is 2.35. The first kappa shape index (κ1) is 20.2. The van der Waals surface area contributed by atoms with Crippen LogP contribution in [0.25, 0.3) is 0 Å². The van der Waals surface area contributed by atoms with Crippen molar-refractivity contribution in [2.75, 3.05) is 6.54 Å². The second kappa shape index (κ2) is 9.00. The molecule has 0 saturated carbocycles. The van der Waals surface area contributed by atoms with Crippen molar-refractivity contribution in [2.24, 2.45) is 0 Å². The number of carbonyl (C=O) groups excluding carboxylic acids is 1. The monoisotopic (exact) mass is 353 g/mol. The molecule has 0 bridgehead atoms. The molecule has 0 heterocycles. The van der Waals surface area contributed by atoms with Crippen LogP contribution in [0.2, 0.25) is 0 Å². The Bertz CT molecular complexity index is 714. The first-order chi connectivity index (χ1) is 12.3. The van der Waals surface area contributed by atoms with Gasteiger partial charge in [0.15, 0.2) is 5.78 Å². The summed E-state index contributed by atoms with van der Waals surface area (Å²) < 4.78 is 0. The van der Waals surface area contributed by atoms with Crippen molar-refractivity contribution in [3.05, 3.63) is 65.2 Å². The smallest absolute Gasteiger partial charge is 0.159 e. The molecule has 0 saturated heterocycles. The van der Waals surface area contributed by atoms with E-state index in [1.807, 2.05) is 24.3 Å². The predicted molar refractivity (Wildman–Crippen MR) is 108 cm³/mol. The fourth-order valence-corrected chi connectivity index (χ4v) is 3.63. The van der Waals surface area contributed by atoms with E-state index in [0.717, 1.165) is 24.1 Å². The number of Topliss-reactive ketones (excluding diaryl/α,β-unsaturated/α-hetero) is 1. The van der Waals surface area contributed by atoms with Gasteiger partial charge in [-0.3, -0.25) is 9.69 Å². The lowest BCUT2D eigenvalue weighted by atomic mass is 9.86. The molecule has 1 N–H and O–H groups in total. The van der Waals surface area contributed by atoms with Crippen LogP contribution in [0.3, 0.4) is 0 Å². The SMILES string of the molecule is CC(=O)c1ccc(O)c(C(CCN(C(C)C)C(C)C)c2ccccc2)c1. The molecular weight excluding hydrogens is 322 g/mol. The summed E-state index contributed by atoms with van der Waals surface area (Å²) in [6.07, 6.45) is 0.884. The molecule has 1 atom stereocenters. The lowest BCUT2D eigenvalue weighted by Crippen LogP contribution is -2.38. The average molecular weight is 354 g/mol. The number of ketones is 1. The third kappa shape index (κ3) is 4.95. The Kier molecular flexibility index (Phi) is 6.98. The summed E-state index contributed by atoms with van der Waals surface area (Å²) in [5, 5.41) is 10.5. The van der Waals surface area contributed by atoms with E-state index >= 15 is 0 Å². The molecule has 0 aromatic heterocycles. The number of hydrogen-bond acceptors (Lipinski definition) is 3. The number of phenolic OH excluding ortho intramolecular Hbond substituents is 1. The van der Waals surface area contributed by atoms with Crippen LogP contribution in [0.5, 0.6) is 5.75 Å². The lowest BCUT2D eigenvalue weighted by Gasteiger charge is -2.32. The third-order valence-corrected chi connectivity index (χ3v) is 5.01. The molecule has 2 aromatic carbocycles. The molecule has 0 aliphatic rings. The molecule has 0 aliphatic heterocycles. The van der Waals surface area contributed by atoms with Gasteiger partial charge in [0.1, 0.15) is 5.75 Å². The Balaban J connectivity index is 2.40. The second-order valence-electron chi connectivity index (χ2n) is 7.51. The summed E-state index contributed by atoms with van der Waals surface area (Å²) >= 11 is 0. The van der Waals surface area contributed by atoms with Crippen molar-refractivity contribution in [2.45, 2.75) is 59.0 Å². The summed E-state index contributed by atoms with van der Waals surface area (Å²) in [6.45, 7) is 11.3. The van der Waals surface area contributed by atoms with E-state index in [4.69, 9.17) is 0 Å². The van der Waals surface area contributed by atoms with E-state index in [0.29, 0.717) is 17.6 Å². The molecule has 2 aromatic rings.